The van der Waals surface area contributed by atoms with Gasteiger partial charge in [-0.1, -0.05) is 18.2 Å². The summed E-state index contributed by atoms with van der Waals surface area (Å²) >= 11 is 0. The monoisotopic (exact) mass is 435 g/mol. The predicted molar refractivity (Wildman–Crippen MR) is 126 cm³/mol. The topological polar surface area (TPSA) is 72.7 Å². The van der Waals surface area contributed by atoms with E-state index in [1.54, 1.807) is 7.05 Å². The van der Waals surface area contributed by atoms with Crippen molar-refractivity contribution in [1.82, 2.24) is 28.0 Å². The van der Waals surface area contributed by atoms with Crippen LogP contribution in [0.1, 0.15) is 12.1 Å². The van der Waals surface area contributed by atoms with Crippen LogP contribution in [0.15, 0.2) is 46.1 Å². The number of piperazine rings is 1. The standard InChI is InChI=1S/C23H29N7O2/c1-17-16-30-19-20(25(2)23(32)26(3)21(19)31)24-22(30)29(17)11-7-10-27-12-14-28(15-13-27)18-8-5-4-6-9-18/h4-6,8-9,16H,7,10-15H2,1-3H3. The lowest BCUT2D eigenvalue weighted by Crippen LogP contribution is -2.46. The molecule has 0 N–H and O–H groups in total. The molecule has 168 valence electrons. The van der Waals surface area contributed by atoms with Gasteiger partial charge in [0.15, 0.2) is 11.2 Å². The summed E-state index contributed by atoms with van der Waals surface area (Å²) in [5.41, 5.74) is 2.55. The summed E-state index contributed by atoms with van der Waals surface area (Å²) in [5.74, 6) is 0.713. The van der Waals surface area contributed by atoms with Crippen molar-refractivity contribution in [2.45, 2.75) is 19.9 Å². The van der Waals surface area contributed by atoms with Crippen LogP contribution < -0.4 is 16.1 Å². The van der Waals surface area contributed by atoms with Crippen molar-refractivity contribution in [2.75, 3.05) is 37.6 Å². The number of anilines is 1. The summed E-state index contributed by atoms with van der Waals surface area (Å²) in [7, 11) is 3.16. The molecule has 0 amide bonds. The Kier molecular flexibility index (Phi) is 5.13. The Bertz CT molecular complexity index is 1390. The number of hydrogen-bond donors (Lipinski definition) is 0. The zero-order valence-corrected chi connectivity index (χ0v) is 18.9. The second-order valence-corrected chi connectivity index (χ2v) is 8.60. The number of fused-ring (bicyclic) bond motifs is 3. The van der Waals surface area contributed by atoms with Gasteiger partial charge in [-0.3, -0.25) is 23.2 Å². The number of aromatic nitrogens is 5. The predicted octanol–water partition coefficient (Wildman–Crippen LogP) is 1.21. The molecule has 4 aromatic rings. The molecule has 9 nitrogen and oxygen atoms in total. The fourth-order valence-corrected chi connectivity index (χ4v) is 4.73. The summed E-state index contributed by atoms with van der Waals surface area (Å²) in [5, 5.41) is 0. The second kappa shape index (κ2) is 7.98. The molecule has 5 rings (SSSR count). The van der Waals surface area contributed by atoms with E-state index in [0.29, 0.717) is 16.9 Å². The van der Waals surface area contributed by atoms with E-state index in [1.807, 2.05) is 17.5 Å². The average Bonchev–Trinajstić information content (AvgIpc) is 3.33. The minimum absolute atomic E-state index is 0.316. The van der Waals surface area contributed by atoms with E-state index in [9.17, 15) is 9.59 Å². The lowest BCUT2D eigenvalue weighted by atomic mass is 10.2. The summed E-state index contributed by atoms with van der Waals surface area (Å²) in [6, 6.07) is 10.6. The molecule has 0 aliphatic carbocycles. The zero-order chi connectivity index (χ0) is 22.4. The smallest absolute Gasteiger partial charge is 0.332 e. The maximum absolute atomic E-state index is 12.7. The van der Waals surface area contributed by atoms with Gasteiger partial charge in [-0.2, -0.15) is 4.98 Å². The number of imidazole rings is 2. The molecular formula is C23H29N7O2. The minimum atomic E-state index is -0.360. The van der Waals surface area contributed by atoms with Crippen molar-refractivity contribution in [3.05, 3.63) is 63.1 Å². The summed E-state index contributed by atoms with van der Waals surface area (Å²) in [6.07, 6.45) is 2.94. The highest BCUT2D eigenvalue weighted by Crippen LogP contribution is 2.18. The van der Waals surface area contributed by atoms with Gasteiger partial charge in [-0.15, -0.1) is 0 Å². The van der Waals surface area contributed by atoms with Crippen LogP contribution in [0.5, 0.6) is 0 Å². The van der Waals surface area contributed by atoms with E-state index in [0.717, 1.165) is 56.0 Å². The van der Waals surface area contributed by atoms with E-state index >= 15 is 0 Å². The van der Waals surface area contributed by atoms with E-state index in [2.05, 4.69) is 49.7 Å². The van der Waals surface area contributed by atoms with E-state index in [-0.39, 0.29) is 11.2 Å². The quantitative estimate of drug-likeness (QED) is 0.471. The van der Waals surface area contributed by atoms with Crippen molar-refractivity contribution in [2.24, 2.45) is 14.1 Å². The summed E-state index contributed by atoms with van der Waals surface area (Å²) in [4.78, 5) is 34.6. The molecule has 1 aliphatic heterocycles. The van der Waals surface area contributed by atoms with Crippen LogP contribution in [-0.2, 0) is 20.6 Å². The number of nitrogens with zero attached hydrogens (tertiary/aromatic N) is 7. The van der Waals surface area contributed by atoms with E-state index in [1.165, 1.54) is 17.3 Å². The maximum atomic E-state index is 12.7. The molecule has 0 radical (unpaired) electrons. The van der Waals surface area contributed by atoms with Crippen molar-refractivity contribution >= 4 is 22.6 Å². The minimum Gasteiger partial charge on any atom is -0.369 e. The van der Waals surface area contributed by atoms with Crippen molar-refractivity contribution in [3.8, 4) is 0 Å². The Morgan fingerprint density at radius 1 is 0.938 bits per heavy atom. The van der Waals surface area contributed by atoms with Gasteiger partial charge in [0.25, 0.3) is 5.56 Å². The molecule has 9 heteroatoms. The molecule has 0 atom stereocenters. The first kappa shape index (κ1) is 20.6. The van der Waals surface area contributed by atoms with Crippen LogP contribution in [0.4, 0.5) is 5.69 Å². The molecule has 4 heterocycles. The van der Waals surface area contributed by atoms with Crippen LogP contribution >= 0.6 is 0 Å². The maximum Gasteiger partial charge on any atom is 0.332 e. The second-order valence-electron chi connectivity index (χ2n) is 8.60. The van der Waals surface area contributed by atoms with Crippen LogP contribution in [-0.4, -0.2) is 60.7 Å². The molecule has 0 bridgehead atoms. The van der Waals surface area contributed by atoms with Crippen LogP contribution in [0.3, 0.4) is 0 Å². The Morgan fingerprint density at radius 2 is 1.66 bits per heavy atom. The van der Waals surface area contributed by atoms with Gasteiger partial charge < -0.3 is 9.47 Å². The molecule has 1 aromatic carbocycles. The number of para-hydroxylation sites is 1. The molecule has 0 spiro atoms. The van der Waals surface area contributed by atoms with Crippen LogP contribution in [0.25, 0.3) is 16.9 Å². The average molecular weight is 436 g/mol. The Hall–Kier alpha value is -3.33. The third-order valence-electron chi connectivity index (χ3n) is 6.61. The van der Waals surface area contributed by atoms with Crippen LogP contribution in [0.2, 0.25) is 0 Å². The SMILES string of the molecule is Cc1cn2c3c(=O)n(C)c(=O)n(C)c3nc2n1CCCN1CCN(c2ccccc2)CC1. The molecule has 1 saturated heterocycles. The third kappa shape index (κ3) is 3.33. The van der Waals surface area contributed by atoms with Gasteiger partial charge in [0, 0.05) is 64.4 Å². The lowest BCUT2D eigenvalue weighted by Gasteiger charge is -2.36. The first-order valence-electron chi connectivity index (χ1n) is 11.1. The number of hydrogen-bond acceptors (Lipinski definition) is 5. The third-order valence-corrected chi connectivity index (χ3v) is 6.61. The summed E-state index contributed by atoms with van der Waals surface area (Å²) < 4.78 is 6.54. The Balaban J connectivity index is 1.30. The Labute approximate surface area is 185 Å². The summed E-state index contributed by atoms with van der Waals surface area (Å²) in [6.45, 7) is 8.07. The fraction of sp³-hybridized carbons (Fsp3) is 0.435. The normalized spacial score (nSPS) is 15.3. The van der Waals surface area contributed by atoms with Crippen molar-refractivity contribution in [3.63, 3.8) is 0 Å². The number of aryl methyl sites for hydroxylation is 3. The van der Waals surface area contributed by atoms with Gasteiger partial charge in [-0.05, 0) is 32.0 Å². The first-order valence-corrected chi connectivity index (χ1v) is 11.1. The first-order chi connectivity index (χ1) is 15.5. The van der Waals surface area contributed by atoms with Crippen molar-refractivity contribution < 1.29 is 0 Å². The van der Waals surface area contributed by atoms with Gasteiger partial charge in [-0.25, -0.2) is 4.79 Å². The van der Waals surface area contributed by atoms with Gasteiger partial charge in [0.2, 0.25) is 5.78 Å². The highest BCUT2D eigenvalue weighted by atomic mass is 16.2. The molecule has 3 aromatic heterocycles. The zero-order valence-electron chi connectivity index (χ0n) is 18.9. The largest absolute Gasteiger partial charge is 0.369 e. The fourth-order valence-electron chi connectivity index (χ4n) is 4.73. The highest BCUT2D eigenvalue weighted by molar-refractivity contribution is 5.75. The van der Waals surface area contributed by atoms with Gasteiger partial charge in [0.1, 0.15) is 0 Å². The van der Waals surface area contributed by atoms with Gasteiger partial charge >= 0.3 is 5.69 Å². The molecule has 0 unspecified atom stereocenters. The number of benzene rings is 1. The molecule has 1 fully saturated rings. The Morgan fingerprint density at radius 3 is 2.38 bits per heavy atom. The van der Waals surface area contributed by atoms with Crippen LogP contribution in [0, 0.1) is 6.92 Å². The molecular weight excluding hydrogens is 406 g/mol. The highest BCUT2D eigenvalue weighted by Gasteiger charge is 2.20. The van der Waals surface area contributed by atoms with E-state index < -0.39 is 0 Å². The van der Waals surface area contributed by atoms with Gasteiger partial charge in [0.05, 0.1) is 0 Å². The van der Waals surface area contributed by atoms with E-state index in [4.69, 9.17) is 0 Å². The van der Waals surface area contributed by atoms with Crippen molar-refractivity contribution in [1.29, 1.82) is 0 Å². The molecule has 0 saturated carbocycles. The molecule has 1 aliphatic rings. The lowest BCUT2D eigenvalue weighted by molar-refractivity contribution is 0.250. The number of rotatable bonds is 5. The molecule has 32 heavy (non-hydrogen) atoms.